The van der Waals surface area contributed by atoms with Gasteiger partial charge >= 0.3 is 6.09 Å². The van der Waals surface area contributed by atoms with E-state index in [4.69, 9.17) is 9.47 Å². The highest BCUT2D eigenvalue weighted by atomic mass is 32.2. The molecule has 1 aliphatic rings. The Hall–Kier alpha value is -3.34. The van der Waals surface area contributed by atoms with Gasteiger partial charge in [-0.2, -0.15) is 0 Å². The first kappa shape index (κ1) is 31.2. The van der Waals surface area contributed by atoms with Gasteiger partial charge in [-0.05, 0) is 43.9 Å². The van der Waals surface area contributed by atoms with E-state index in [1.807, 2.05) is 75.4 Å². The Labute approximate surface area is 240 Å². The molecule has 3 rings (SSSR count). The van der Waals surface area contributed by atoms with Crippen molar-refractivity contribution in [2.45, 2.75) is 56.7 Å². The monoisotopic (exact) mass is 569 g/mol. The molecule has 3 unspecified atom stereocenters. The van der Waals surface area contributed by atoms with Gasteiger partial charge in [-0.3, -0.25) is 9.59 Å². The minimum atomic E-state index is -1.61. The van der Waals surface area contributed by atoms with Crippen molar-refractivity contribution in [3.8, 4) is 0 Å². The van der Waals surface area contributed by atoms with E-state index in [0.29, 0.717) is 13.2 Å². The third-order valence-corrected chi connectivity index (χ3v) is 8.10. The molecule has 0 aliphatic carbocycles. The van der Waals surface area contributed by atoms with Crippen LogP contribution in [0.25, 0.3) is 0 Å². The van der Waals surface area contributed by atoms with Gasteiger partial charge in [-0.25, -0.2) is 4.79 Å². The lowest BCUT2D eigenvalue weighted by Gasteiger charge is -2.33. The molecular formula is C30H39N3O6S. The summed E-state index contributed by atoms with van der Waals surface area (Å²) in [5.74, 6) is -0.705. The standard InChI is InChI=1S/C30H39N3O6S/c1-5-15-38-16-17-39-29(37)32-24(18-22-12-7-6-8-13-22)25(34)28(36)33-20-40-30(3,4)26(33)27(35)31-19-23-14-10-9-11-21(23)2/h5-14,24-26,34H,1,15-20H2,2-4H3,(H,31,35)(H,32,37). The van der Waals surface area contributed by atoms with Crippen LogP contribution in [0.1, 0.15) is 30.5 Å². The largest absolute Gasteiger partial charge is 0.447 e. The van der Waals surface area contributed by atoms with Gasteiger partial charge in [0.05, 0.1) is 25.1 Å². The number of carbonyl (C=O) groups excluding carboxylic acids is 3. The molecule has 10 heteroatoms. The number of hydrogen-bond donors (Lipinski definition) is 3. The van der Waals surface area contributed by atoms with Crippen molar-refractivity contribution in [2.24, 2.45) is 0 Å². The summed E-state index contributed by atoms with van der Waals surface area (Å²) in [5.41, 5.74) is 2.86. The summed E-state index contributed by atoms with van der Waals surface area (Å²) in [4.78, 5) is 41.0. The molecule has 1 heterocycles. The van der Waals surface area contributed by atoms with Crippen LogP contribution in [0.5, 0.6) is 0 Å². The van der Waals surface area contributed by atoms with E-state index in [9.17, 15) is 19.5 Å². The van der Waals surface area contributed by atoms with Crippen molar-refractivity contribution >= 4 is 29.7 Å². The Morgan fingerprint density at radius 1 is 1.15 bits per heavy atom. The van der Waals surface area contributed by atoms with Crippen molar-refractivity contribution in [1.82, 2.24) is 15.5 Å². The van der Waals surface area contributed by atoms with Crippen molar-refractivity contribution in [3.63, 3.8) is 0 Å². The van der Waals surface area contributed by atoms with Gasteiger partial charge in [-0.1, -0.05) is 60.7 Å². The van der Waals surface area contributed by atoms with E-state index >= 15 is 0 Å². The molecule has 0 bridgehead atoms. The fourth-order valence-electron chi connectivity index (χ4n) is 4.50. The minimum Gasteiger partial charge on any atom is -0.447 e. The maximum atomic E-state index is 13.7. The van der Waals surface area contributed by atoms with E-state index in [0.717, 1.165) is 16.7 Å². The maximum Gasteiger partial charge on any atom is 0.407 e. The SMILES string of the molecule is C=CCOCCOC(=O)NC(Cc1ccccc1)C(O)C(=O)N1CSC(C)(C)C1C(=O)NCc1ccccc1C. The Bertz CT molecular complexity index is 1160. The second-order valence-electron chi connectivity index (χ2n) is 10.1. The predicted octanol–water partition coefficient (Wildman–Crippen LogP) is 3.19. The summed E-state index contributed by atoms with van der Waals surface area (Å²) >= 11 is 1.46. The predicted molar refractivity (Wildman–Crippen MR) is 156 cm³/mol. The van der Waals surface area contributed by atoms with Crippen LogP contribution in [0.3, 0.4) is 0 Å². The van der Waals surface area contributed by atoms with Crippen molar-refractivity contribution in [1.29, 1.82) is 0 Å². The van der Waals surface area contributed by atoms with Crippen LogP contribution in [0, 0.1) is 6.92 Å². The summed E-state index contributed by atoms with van der Waals surface area (Å²) in [6, 6.07) is 15.2. The van der Waals surface area contributed by atoms with Crippen molar-refractivity contribution in [3.05, 3.63) is 83.9 Å². The molecule has 3 atom stereocenters. The topological polar surface area (TPSA) is 117 Å². The lowest BCUT2D eigenvalue weighted by atomic mass is 9.97. The molecule has 2 aromatic carbocycles. The second-order valence-corrected chi connectivity index (χ2v) is 11.7. The van der Waals surface area contributed by atoms with Gasteiger partial charge in [0, 0.05) is 11.3 Å². The highest BCUT2D eigenvalue weighted by molar-refractivity contribution is 8.00. The zero-order valence-corrected chi connectivity index (χ0v) is 24.1. The van der Waals surface area contributed by atoms with Crippen LogP contribution in [-0.4, -0.2) is 76.5 Å². The third kappa shape index (κ3) is 8.58. The summed E-state index contributed by atoms with van der Waals surface area (Å²) < 4.78 is 9.81. The Balaban J connectivity index is 1.72. The number of thioether (sulfide) groups is 1. The van der Waals surface area contributed by atoms with Gasteiger partial charge in [0.2, 0.25) is 5.91 Å². The van der Waals surface area contributed by atoms with E-state index in [2.05, 4.69) is 17.2 Å². The molecule has 1 fully saturated rings. The fourth-order valence-corrected chi connectivity index (χ4v) is 5.65. The van der Waals surface area contributed by atoms with Crippen LogP contribution in [-0.2, 0) is 32.0 Å². The van der Waals surface area contributed by atoms with Crippen LogP contribution in [0.4, 0.5) is 4.79 Å². The Morgan fingerprint density at radius 2 is 1.85 bits per heavy atom. The smallest absolute Gasteiger partial charge is 0.407 e. The molecule has 3 amide bonds. The van der Waals surface area contributed by atoms with Crippen LogP contribution >= 0.6 is 11.8 Å². The zero-order chi connectivity index (χ0) is 29.1. The van der Waals surface area contributed by atoms with Gasteiger partial charge in [0.15, 0.2) is 6.10 Å². The fraction of sp³-hybridized carbons (Fsp3) is 0.433. The molecule has 40 heavy (non-hydrogen) atoms. The average Bonchev–Trinajstić information content (AvgIpc) is 3.26. The molecule has 0 aromatic heterocycles. The summed E-state index contributed by atoms with van der Waals surface area (Å²) in [6.07, 6.45) is -0.610. The summed E-state index contributed by atoms with van der Waals surface area (Å²) in [6.45, 7) is 10.2. The quantitative estimate of drug-likeness (QED) is 0.251. The number of aliphatic hydroxyl groups is 1. The van der Waals surface area contributed by atoms with Crippen molar-refractivity contribution in [2.75, 3.05) is 25.7 Å². The number of rotatable bonds is 13. The minimum absolute atomic E-state index is 0.00185. The number of hydrogen-bond acceptors (Lipinski definition) is 7. The Morgan fingerprint density at radius 3 is 2.55 bits per heavy atom. The number of amides is 3. The van der Waals surface area contributed by atoms with Crippen LogP contribution in [0.2, 0.25) is 0 Å². The zero-order valence-electron chi connectivity index (χ0n) is 23.3. The van der Waals surface area contributed by atoms with E-state index in [1.165, 1.54) is 16.7 Å². The van der Waals surface area contributed by atoms with E-state index < -0.39 is 34.9 Å². The van der Waals surface area contributed by atoms with Gasteiger partial charge in [0.25, 0.3) is 5.91 Å². The maximum absolute atomic E-state index is 13.7. The molecule has 216 valence electrons. The van der Waals surface area contributed by atoms with Gasteiger partial charge < -0.3 is 30.1 Å². The number of benzene rings is 2. The molecule has 2 aromatic rings. The molecule has 0 saturated carbocycles. The number of nitrogens with zero attached hydrogens (tertiary/aromatic N) is 1. The summed E-state index contributed by atoms with van der Waals surface area (Å²) in [5, 5.41) is 16.9. The number of nitrogens with one attached hydrogen (secondary N) is 2. The highest BCUT2D eigenvalue weighted by Gasteiger charge is 2.49. The average molecular weight is 570 g/mol. The number of carbonyl (C=O) groups is 3. The third-order valence-electron chi connectivity index (χ3n) is 6.72. The van der Waals surface area contributed by atoms with Gasteiger partial charge in [0.1, 0.15) is 12.6 Å². The number of aryl methyl sites for hydroxylation is 1. The van der Waals surface area contributed by atoms with E-state index in [-0.39, 0.29) is 31.4 Å². The first-order chi connectivity index (χ1) is 19.1. The summed E-state index contributed by atoms with van der Waals surface area (Å²) in [7, 11) is 0. The second kappa shape index (κ2) is 14.9. The lowest BCUT2D eigenvalue weighted by Crippen LogP contribution is -2.58. The first-order valence-corrected chi connectivity index (χ1v) is 14.2. The lowest BCUT2D eigenvalue weighted by molar-refractivity contribution is -0.147. The normalized spacial score (nSPS) is 17.5. The van der Waals surface area contributed by atoms with E-state index in [1.54, 1.807) is 6.08 Å². The molecule has 3 N–H and O–H groups in total. The first-order valence-electron chi connectivity index (χ1n) is 13.2. The van der Waals surface area contributed by atoms with Crippen LogP contribution in [0.15, 0.2) is 67.3 Å². The van der Waals surface area contributed by atoms with Crippen molar-refractivity contribution < 1.29 is 29.0 Å². The molecule has 0 spiro atoms. The molecule has 1 aliphatic heterocycles. The molecular weight excluding hydrogens is 530 g/mol. The Kier molecular flexibility index (Phi) is 11.6. The van der Waals surface area contributed by atoms with Gasteiger partial charge in [-0.15, -0.1) is 18.3 Å². The van der Waals surface area contributed by atoms with Crippen LogP contribution < -0.4 is 10.6 Å². The number of aliphatic hydroxyl groups excluding tert-OH is 1. The molecule has 1 saturated heterocycles. The molecule has 9 nitrogen and oxygen atoms in total. The number of alkyl carbamates (subject to hydrolysis) is 1. The number of ether oxygens (including phenoxy) is 2. The molecule has 0 radical (unpaired) electrons. The highest BCUT2D eigenvalue weighted by Crippen LogP contribution is 2.40.